The number of hydrogen-bond donors (Lipinski definition) is 1. The first kappa shape index (κ1) is 12.7. The fourth-order valence-electron chi connectivity index (χ4n) is 0.795. The molecule has 0 amide bonds. The molecule has 80 valence electrons. The number of H-pyrrole nitrogens is 1. The van der Waals surface area contributed by atoms with Crippen molar-refractivity contribution < 1.29 is 13.2 Å². The van der Waals surface area contributed by atoms with Crippen LogP contribution in [0.15, 0.2) is 16.9 Å². The lowest BCUT2D eigenvalue weighted by molar-refractivity contribution is -0.138. The minimum absolute atomic E-state index is 0.410. The summed E-state index contributed by atoms with van der Waals surface area (Å²) in [5, 5.41) is 0. The SMILES string of the molecule is CC.Cc1ccc(C(F)(F)F)c(=O)[nH]1. The summed E-state index contributed by atoms with van der Waals surface area (Å²) in [7, 11) is 0. The van der Waals surface area contributed by atoms with E-state index in [0.29, 0.717) is 5.69 Å². The Kier molecular flexibility index (Phi) is 4.40. The van der Waals surface area contributed by atoms with Crippen molar-refractivity contribution in [2.24, 2.45) is 0 Å². The highest BCUT2D eigenvalue weighted by atomic mass is 19.4. The van der Waals surface area contributed by atoms with Gasteiger partial charge in [0.15, 0.2) is 0 Å². The largest absolute Gasteiger partial charge is 0.421 e. The predicted molar refractivity (Wildman–Crippen MR) is 48.1 cm³/mol. The predicted octanol–water partition coefficient (Wildman–Crippen LogP) is 2.73. The van der Waals surface area contributed by atoms with Crippen LogP contribution in [0.25, 0.3) is 0 Å². The summed E-state index contributed by atoms with van der Waals surface area (Å²) >= 11 is 0. The number of aromatic amines is 1. The zero-order chi connectivity index (χ0) is 11.4. The molecule has 1 aromatic rings. The van der Waals surface area contributed by atoms with Crippen molar-refractivity contribution >= 4 is 0 Å². The Morgan fingerprint density at radius 3 is 2.07 bits per heavy atom. The smallest absolute Gasteiger partial charge is 0.326 e. The number of pyridine rings is 1. The van der Waals surface area contributed by atoms with E-state index in [0.717, 1.165) is 6.07 Å². The third-order valence-electron chi connectivity index (χ3n) is 1.36. The molecule has 1 N–H and O–H groups in total. The van der Waals surface area contributed by atoms with E-state index in [1.807, 2.05) is 13.8 Å². The van der Waals surface area contributed by atoms with Crippen LogP contribution in [-0.4, -0.2) is 4.98 Å². The molecule has 1 aromatic heterocycles. The summed E-state index contributed by atoms with van der Waals surface area (Å²) in [4.78, 5) is 12.8. The Morgan fingerprint density at radius 1 is 1.21 bits per heavy atom. The molecule has 1 rings (SSSR count). The van der Waals surface area contributed by atoms with Gasteiger partial charge >= 0.3 is 6.18 Å². The number of rotatable bonds is 0. The molecule has 0 atom stereocenters. The van der Waals surface area contributed by atoms with Gasteiger partial charge in [-0.25, -0.2) is 0 Å². The molecule has 0 aliphatic heterocycles. The monoisotopic (exact) mass is 207 g/mol. The molecular weight excluding hydrogens is 195 g/mol. The Balaban J connectivity index is 0.000000791. The second-order valence-corrected chi connectivity index (χ2v) is 2.38. The van der Waals surface area contributed by atoms with Gasteiger partial charge in [-0.2, -0.15) is 13.2 Å². The first-order valence-corrected chi connectivity index (χ1v) is 4.18. The maximum atomic E-state index is 12.0. The lowest BCUT2D eigenvalue weighted by Crippen LogP contribution is -2.21. The van der Waals surface area contributed by atoms with Gasteiger partial charge in [0.1, 0.15) is 5.56 Å². The number of aromatic nitrogens is 1. The second-order valence-electron chi connectivity index (χ2n) is 2.38. The van der Waals surface area contributed by atoms with Crippen molar-refractivity contribution in [3.8, 4) is 0 Å². The van der Waals surface area contributed by atoms with Gasteiger partial charge in [-0.05, 0) is 19.1 Å². The highest BCUT2D eigenvalue weighted by Gasteiger charge is 2.33. The summed E-state index contributed by atoms with van der Waals surface area (Å²) < 4.78 is 35.9. The van der Waals surface area contributed by atoms with E-state index in [1.165, 1.54) is 13.0 Å². The third kappa shape index (κ3) is 3.24. The average molecular weight is 207 g/mol. The standard InChI is InChI=1S/C7H6F3NO.C2H6/c1-4-2-3-5(6(12)11-4)7(8,9)10;1-2/h2-3H,1H3,(H,11,12);1-2H3. The van der Waals surface area contributed by atoms with Crippen LogP contribution in [-0.2, 0) is 6.18 Å². The van der Waals surface area contributed by atoms with Gasteiger partial charge < -0.3 is 4.98 Å². The van der Waals surface area contributed by atoms with E-state index in [2.05, 4.69) is 4.98 Å². The third-order valence-corrected chi connectivity index (χ3v) is 1.36. The highest BCUT2D eigenvalue weighted by Crippen LogP contribution is 2.25. The van der Waals surface area contributed by atoms with Crippen molar-refractivity contribution in [3.05, 3.63) is 33.7 Å². The first-order valence-electron chi connectivity index (χ1n) is 4.18. The van der Waals surface area contributed by atoms with Crippen molar-refractivity contribution in [3.63, 3.8) is 0 Å². The minimum atomic E-state index is -4.57. The molecule has 14 heavy (non-hydrogen) atoms. The van der Waals surface area contributed by atoms with Gasteiger partial charge in [0.25, 0.3) is 5.56 Å². The zero-order valence-electron chi connectivity index (χ0n) is 8.20. The van der Waals surface area contributed by atoms with Crippen LogP contribution in [0, 0.1) is 6.92 Å². The van der Waals surface area contributed by atoms with Crippen LogP contribution in [0.3, 0.4) is 0 Å². The summed E-state index contributed by atoms with van der Waals surface area (Å²) in [6.07, 6.45) is -4.57. The van der Waals surface area contributed by atoms with Gasteiger partial charge in [-0.15, -0.1) is 0 Å². The molecule has 0 bridgehead atoms. The first-order chi connectivity index (χ1) is 6.41. The molecule has 0 aliphatic rings. The van der Waals surface area contributed by atoms with Crippen LogP contribution >= 0.6 is 0 Å². The maximum absolute atomic E-state index is 12.0. The Bertz CT molecular complexity index is 341. The van der Waals surface area contributed by atoms with E-state index < -0.39 is 17.3 Å². The molecular formula is C9H12F3NO. The van der Waals surface area contributed by atoms with Gasteiger partial charge in [0, 0.05) is 5.69 Å². The molecule has 0 fully saturated rings. The van der Waals surface area contributed by atoms with E-state index in [9.17, 15) is 18.0 Å². The van der Waals surface area contributed by atoms with Crippen molar-refractivity contribution in [2.75, 3.05) is 0 Å². The average Bonchev–Trinajstić information content (AvgIpc) is 2.05. The number of aryl methyl sites for hydroxylation is 1. The van der Waals surface area contributed by atoms with Crippen molar-refractivity contribution in [1.29, 1.82) is 0 Å². The highest BCUT2D eigenvalue weighted by molar-refractivity contribution is 5.16. The number of hydrogen-bond acceptors (Lipinski definition) is 1. The summed E-state index contributed by atoms with van der Waals surface area (Å²) in [6.45, 7) is 5.52. The van der Waals surface area contributed by atoms with Crippen molar-refractivity contribution in [1.82, 2.24) is 4.98 Å². The molecule has 0 spiro atoms. The van der Waals surface area contributed by atoms with E-state index in [4.69, 9.17) is 0 Å². The van der Waals surface area contributed by atoms with Gasteiger partial charge in [0.2, 0.25) is 0 Å². The fraction of sp³-hybridized carbons (Fsp3) is 0.444. The summed E-state index contributed by atoms with van der Waals surface area (Å²) in [5.41, 5.74) is -1.84. The topological polar surface area (TPSA) is 32.9 Å². The number of alkyl halides is 3. The quantitative estimate of drug-likeness (QED) is 0.697. The van der Waals surface area contributed by atoms with Crippen LogP contribution in [0.2, 0.25) is 0 Å². The van der Waals surface area contributed by atoms with Crippen LogP contribution in [0.1, 0.15) is 25.1 Å². The maximum Gasteiger partial charge on any atom is 0.421 e. The van der Waals surface area contributed by atoms with Gasteiger partial charge in [-0.1, -0.05) is 13.8 Å². The summed E-state index contributed by atoms with van der Waals surface area (Å²) in [5.74, 6) is 0. The number of nitrogens with one attached hydrogen (secondary N) is 1. The Labute approximate surface area is 79.8 Å². The van der Waals surface area contributed by atoms with E-state index in [-0.39, 0.29) is 0 Å². The summed E-state index contributed by atoms with van der Waals surface area (Å²) in [6, 6.07) is 1.98. The van der Waals surface area contributed by atoms with E-state index >= 15 is 0 Å². The van der Waals surface area contributed by atoms with Crippen molar-refractivity contribution in [2.45, 2.75) is 26.9 Å². The lowest BCUT2D eigenvalue weighted by Gasteiger charge is -2.04. The Hall–Kier alpha value is -1.26. The normalized spacial score (nSPS) is 10.4. The Morgan fingerprint density at radius 2 is 1.71 bits per heavy atom. The molecule has 5 heteroatoms. The second kappa shape index (κ2) is 4.83. The lowest BCUT2D eigenvalue weighted by atomic mass is 10.2. The molecule has 0 aliphatic carbocycles. The van der Waals surface area contributed by atoms with Crippen LogP contribution in [0.5, 0.6) is 0 Å². The minimum Gasteiger partial charge on any atom is -0.326 e. The molecule has 2 nitrogen and oxygen atoms in total. The molecule has 1 heterocycles. The van der Waals surface area contributed by atoms with Gasteiger partial charge in [0.05, 0.1) is 0 Å². The molecule has 0 saturated carbocycles. The molecule has 0 radical (unpaired) electrons. The van der Waals surface area contributed by atoms with Crippen LogP contribution < -0.4 is 5.56 Å². The van der Waals surface area contributed by atoms with Crippen LogP contribution in [0.4, 0.5) is 13.2 Å². The molecule has 0 aromatic carbocycles. The zero-order valence-corrected chi connectivity index (χ0v) is 8.20. The molecule has 0 unspecified atom stereocenters. The van der Waals surface area contributed by atoms with Gasteiger partial charge in [-0.3, -0.25) is 4.79 Å². The fourth-order valence-corrected chi connectivity index (χ4v) is 0.795. The molecule has 0 saturated heterocycles. The number of halogens is 3. The van der Waals surface area contributed by atoms with E-state index in [1.54, 1.807) is 0 Å².